The third-order valence-electron chi connectivity index (χ3n) is 0.795. The summed E-state index contributed by atoms with van der Waals surface area (Å²) in [5.41, 5.74) is 0. The fourth-order valence-corrected chi connectivity index (χ4v) is 4.50. The molecule has 0 saturated heterocycles. The van der Waals surface area contributed by atoms with Gasteiger partial charge in [-0.15, -0.1) is 0 Å². The minimum Gasteiger partial charge on any atom is -0.153 e. The number of halogens is 3. The molecular formula is C5H9BFI2S2. The van der Waals surface area contributed by atoms with Crippen molar-refractivity contribution in [2.75, 3.05) is 0 Å². The monoisotopic (exact) mass is 417 g/mol. The molecule has 1 radical (unpaired) electrons. The van der Waals surface area contributed by atoms with Crippen LogP contribution in [-0.4, -0.2) is 13.3 Å². The smallest absolute Gasteiger partial charge is 0.153 e. The normalized spacial score (nSPS) is 17.6. The van der Waals surface area contributed by atoms with Crippen molar-refractivity contribution in [2.45, 2.75) is 26.7 Å². The zero-order valence-corrected chi connectivity index (χ0v) is 12.5. The number of alkyl halides is 2. The summed E-state index contributed by atoms with van der Waals surface area (Å²) in [6, 6.07) is 0. The van der Waals surface area contributed by atoms with Crippen molar-refractivity contribution in [3.63, 3.8) is 0 Å². The SMILES string of the molecule is CC(C)(I)[B]C(C)(I)SSF. The van der Waals surface area contributed by atoms with E-state index >= 15 is 0 Å². The molecule has 0 saturated carbocycles. The molecule has 0 amide bonds. The van der Waals surface area contributed by atoms with Crippen molar-refractivity contribution in [1.82, 2.24) is 0 Å². The first-order valence-corrected chi connectivity index (χ1v) is 7.19. The molecule has 0 heterocycles. The van der Waals surface area contributed by atoms with Crippen LogP contribution < -0.4 is 0 Å². The molecule has 0 aromatic rings. The average molecular weight is 417 g/mol. The van der Waals surface area contributed by atoms with Gasteiger partial charge in [0.1, 0.15) is 11.2 Å². The maximum absolute atomic E-state index is 11.9. The van der Waals surface area contributed by atoms with Crippen molar-refractivity contribution < 1.29 is 3.89 Å². The van der Waals surface area contributed by atoms with Crippen LogP contribution in [0, 0.1) is 0 Å². The predicted molar refractivity (Wildman–Crippen MR) is 72.6 cm³/mol. The van der Waals surface area contributed by atoms with E-state index < -0.39 is 0 Å². The molecule has 65 valence electrons. The van der Waals surface area contributed by atoms with Crippen molar-refractivity contribution in [2.24, 2.45) is 0 Å². The summed E-state index contributed by atoms with van der Waals surface area (Å²) >= 11 is 4.90. The van der Waals surface area contributed by atoms with Crippen LogP contribution in [-0.2, 0) is 0 Å². The van der Waals surface area contributed by atoms with E-state index in [1.54, 1.807) is 0 Å². The van der Waals surface area contributed by atoms with Gasteiger partial charge in [0.2, 0.25) is 0 Å². The summed E-state index contributed by atoms with van der Waals surface area (Å²) < 4.78 is 11.9. The molecule has 1 unspecified atom stereocenters. The molecule has 0 aliphatic rings. The molecule has 6 heteroatoms. The molecule has 0 aliphatic heterocycles. The zero-order valence-electron chi connectivity index (χ0n) is 6.53. The lowest BCUT2D eigenvalue weighted by molar-refractivity contribution is 0.953. The van der Waals surface area contributed by atoms with Crippen molar-refractivity contribution in [1.29, 1.82) is 0 Å². The minimum absolute atomic E-state index is 0.121. The Kier molecular flexibility index (Phi) is 6.15. The lowest BCUT2D eigenvalue weighted by atomic mass is 9.63. The van der Waals surface area contributed by atoms with E-state index in [9.17, 15) is 3.89 Å². The Hall–Kier alpha value is 2.15. The first kappa shape index (κ1) is 13.2. The van der Waals surface area contributed by atoms with Crippen molar-refractivity contribution in [3.05, 3.63) is 0 Å². The molecule has 0 aromatic carbocycles. The summed E-state index contributed by atoms with van der Waals surface area (Å²) in [7, 11) is 3.37. The van der Waals surface area contributed by atoms with Gasteiger partial charge in [-0.3, -0.25) is 0 Å². The van der Waals surface area contributed by atoms with E-state index in [0.717, 1.165) is 0 Å². The van der Waals surface area contributed by atoms with Gasteiger partial charge in [-0.2, -0.15) is 3.89 Å². The Morgan fingerprint density at radius 1 is 1.27 bits per heavy atom. The summed E-state index contributed by atoms with van der Waals surface area (Å²) in [6.45, 7) is 6.22. The molecule has 0 aliphatic carbocycles. The standard InChI is InChI=1S/C5H9BFI2S2/c1-4(2,8)6-5(3,9)10-11-7/h1-3H3. The molecule has 0 aromatic heterocycles. The van der Waals surface area contributed by atoms with Crippen LogP contribution in [0.25, 0.3) is 0 Å². The van der Waals surface area contributed by atoms with Gasteiger partial charge in [-0.05, 0) is 10.2 Å². The van der Waals surface area contributed by atoms with E-state index in [2.05, 4.69) is 66.3 Å². The Morgan fingerprint density at radius 3 is 2.00 bits per heavy atom. The van der Waals surface area contributed by atoms with Crippen LogP contribution in [0.3, 0.4) is 0 Å². The molecule has 0 bridgehead atoms. The van der Waals surface area contributed by atoms with Gasteiger partial charge in [0.05, 0.1) is 0 Å². The molecular weight excluding hydrogens is 408 g/mol. The highest BCUT2D eigenvalue weighted by Gasteiger charge is 2.31. The van der Waals surface area contributed by atoms with Gasteiger partial charge in [-0.25, -0.2) is 0 Å². The van der Waals surface area contributed by atoms with E-state index in [1.165, 1.54) is 10.8 Å². The number of rotatable bonds is 4. The molecule has 11 heavy (non-hydrogen) atoms. The van der Waals surface area contributed by atoms with Gasteiger partial charge in [-0.1, -0.05) is 69.8 Å². The van der Waals surface area contributed by atoms with Crippen LogP contribution in [0.1, 0.15) is 20.8 Å². The first-order valence-electron chi connectivity index (χ1n) is 2.98. The van der Waals surface area contributed by atoms with Crippen LogP contribution in [0.4, 0.5) is 3.89 Å². The number of hydrogen-bond acceptors (Lipinski definition) is 2. The van der Waals surface area contributed by atoms with E-state index in [4.69, 9.17) is 0 Å². The van der Waals surface area contributed by atoms with E-state index in [0.29, 0.717) is 11.2 Å². The summed E-state index contributed by atoms with van der Waals surface area (Å²) in [4.78, 5) is 0. The summed E-state index contributed by atoms with van der Waals surface area (Å²) in [6.07, 6.45) is 0. The zero-order chi connectivity index (χ0) is 9.12. The third-order valence-corrected chi connectivity index (χ3v) is 4.71. The Morgan fingerprint density at radius 2 is 1.73 bits per heavy atom. The number of hydrogen-bond donors (Lipinski definition) is 0. The van der Waals surface area contributed by atoms with Gasteiger partial charge < -0.3 is 0 Å². The molecule has 0 rings (SSSR count). The molecule has 0 N–H and O–H groups in total. The lowest BCUT2D eigenvalue weighted by Crippen LogP contribution is -2.33. The highest BCUT2D eigenvalue weighted by Crippen LogP contribution is 2.43. The second-order valence-electron chi connectivity index (χ2n) is 2.84. The Labute approximate surface area is 104 Å². The Balaban J connectivity index is 3.91. The fourth-order valence-electron chi connectivity index (χ4n) is 0.699. The molecule has 0 nitrogen and oxygen atoms in total. The average Bonchev–Trinajstić information content (AvgIpc) is 1.55. The second kappa shape index (κ2) is 5.14. The summed E-state index contributed by atoms with van der Waals surface area (Å²) in [5.74, 6) is 0. The van der Waals surface area contributed by atoms with Gasteiger partial charge in [0.25, 0.3) is 0 Å². The van der Waals surface area contributed by atoms with E-state index in [1.807, 2.05) is 6.92 Å². The maximum atomic E-state index is 11.9. The van der Waals surface area contributed by atoms with Gasteiger partial charge in [0.15, 0.2) is 7.28 Å². The van der Waals surface area contributed by atoms with E-state index in [-0.39, 0.29) is 5.97 Å². The predicted octanol–water partition coefficient (Wildman–Crippen LogP) is 4.24. The molecule has 0 spiro atoms. The van der Waals surface area contributed by atoms with Crippen molar-refractivity contribution in [3.8, 4) is 0 Å². The van der Waals surface area contributed by atoms with Crippen LogP contribution in [0.15, 0.2) is 0 Å². The first-order chi connectivity index (χ1) is 4.77. The second-order valence-corrected chi connectivity index (χ2v) is 10.6. The summed E-state index contributed by atoms with van der Waals surface area (Å²) in [5, 5.41) is 0. The molecule has 0 fully saturated rings. The van der Waals surface area contributed by atoms with Crippen LogP contribution >= 0.6 is 67.2 Å². The fraction of sp³-hybridized carbons (Fsp3) is 1.00. The topological polar surface area (TPSA) is 0 Å². The quantitative estimate of drug-likeness (QED) is 0.291. The van der Waals surface area contributed by atoms with Crippen LogP contribution in [0.5, 0.6) is 0 Å². The highest BCUT2D eigenvalue weighted by atomic mass is 127. The molecule has 1 atom stereocenters. The largest absolute Gasteiger partial charge is 0.166 e. The minimum atomic E-state index is -0.123. The Bertz CT molecular complexity index is 126. The van der Waals surface area contributed by atoms with Gasteiger partial charge >= 0.3 is 0 Å². The third kappa shape index (κ3) is 8.48. The maximum Gasteiger partial charge on any atom is 0.166 e. The highest BCUT2D eigenvalue weighted by molar-refractivity contribution is 14.1. The van der Waals surface area contributed by atoms with Crippen LogP contribution in [0.2, 0.25) is 0 Å². The van der Waals surface area contributed by atoms with Crippen molar-refractivity contribution >= 4 is 74.4 Å². The lowest BCUT2D eigenvalue weighted by Gasteiger charge is -2.25. The van der Waals surface area contributed by atoms with Gasteiger partial charge in [0, 0.05) is 2.65 Å².